The summed E-state index contributed by atoms with van der Waals surface area (Å²) < 4.78 is 6.06. The highest BCUT2D eigenvalue weighted by Crippen LogP contribution is 2.36. The number of piperidine rings is 1. The zero-order valence-electron chi connectivity index (χ0n) is 13.1. The first-order valence-corrected chi connectivity index (χ1v) is 9.82. The van der Waals surface area contributed by atoms with Gasteiger partial charge in [-0.15, -0.1) is 22.7 Å². The van der Waals surface area contributed by atoms with E-state index in [1.54, 1.807) is 11.3 Å². The summed E-state index contributed by atoms with van der Waals surface area (Å²) >= 11 is 3.25. The molecule has 1 amide bonds. The average Bonchev–Trinajstić information content (AvgIpc) is 3.28. The number of thiazole rings is 1. The molecule has 0 unspecified atom stereocenters. The van der Waals surface area contributed by atoms with E-state index in [1.165, 1.54) is 16.3 Å². The second-order valence-electron chi connectivity index (χ2n) is 6.40. The third-order valence-corrected chi connectivity index (χ3v) is 6.70. The Kier molecular flexibility index (Phi) is 4.22. The Morgan fingerprint density at radius 3 is 3.13 bits per heavy atom. The normalized spacial score (nSPS) is 27.2. The molecule has 0 aliphatic carbocycles. The van der Waals surface area contributed by atoms with Crippen molar-refractivity contribution in [1.82, 2.24) is 9.88 Å². The van der Waals surface area contributed by atoms with Gasteiger partial charge in [0.25, 0.3) is 5.91 Å². The molecule has 2 aliphatic heterocycles. The third-order valence-electron chi connectivity index (χ3n) is 4.86. The summed E-state index contributed by atoms with van der Waals surface area (Å²) in [6.45, 7) is 4.48. The van der Waals surface area contributed by atoms with E-state index in [0.29, 0.717) is 11.8 Å². The maximum atomic E-state index is 12.5. The molecule has 4 nitrogen and oxygen atoms in total. The zero-order valence-corrected chi connectivity index (χ0v) is 14.7. The summed E-state index contributed by atoms with van der Waals surface area (Å²) in [5.74, 6) is 1.21. The first-order chi connectivity index (χ1) is 11.2. The van der Waals surface area contributed by atoms with Crippen LogP contribution in [0.4, 0.5) is 0 Å². The Morgan fingerprint density at radius 2 is 2.39 bits per heavy atom. The molecule has 0 saturated carbocycles. The minimum absolute atomic E-state index is 0.178. The van der Waals surface area contributed by atoms with E-state index < -0.39 is 0 Å². The van der Waals surface area contributed by atoms with Crippen molar-refractivity contribution in [3.8, 4) is 0 Å². The van der Waals surface area contributed by atoms with Gasteiger partial charge in [-0.2, -0.15) is 0 Å². The lowest BCUT2D eigenvalue weighted by Gasteiger charge is -2.35. The van der Waals surface area contributed by atoms with Crippen LogP contribution in [0.5, 0.6) is 0 Å². The maximum absolute atomic E-state index is 12.5. The Labute approximate surface area is 144 Å². The van der Waals surface area contributed by atoms with E-state index in [-0.39, 0.29) is 12.0 Å². The molecule has 122 valence electrons. The number of hydrogen-bond acceptors (Lipinski definition) is 5. The first-order valence-electron chi connectivity index (χ1n) is 8.06. The molecule has 4 rings (SSSR count). The fourth-order valence-electron chi connectivity index (χ4n) is 3.71. The van der Waals surface area contributed by atoms with Crippen LogP contribution >= 0.6 is 22.7 Å². The number of amides is 1. The van der Waals surface area contributed by atoms with Gasteiger partial charge in [-0.3, -0.25) is 4.79 Å². The molecule has 23 heavy (non-hydrogen) atoms. The largest absolute Gasteiger partial charge is 0.377 e. The van der Waals surface area contributed by atoms with Crippen molar-refractivity contribution in [2.45, 2.75) is 25.9 Å². The lowest BCUT2D eigenvalue weighted by molar-refractivity contribution is 0.0616. The molecule has 2 fully saturated rings. The predicted molar refractivity (Wildman–Crippen MR) is 92.1 cm³/mol. The number of aryl methyl sites for hydroxylation is 1. The summed E-state index contributed by atoms with van der Waals surface area (Å²) in [6, 6.07) is 3.85. The van der Waals surface area contributed by atoms with Crippen LogP contribution in [0, 0.1) is 18.8 Å². The highest BCUT2D eigenvalue weighted by atomic mass is 32.1. The average molecular weight is 348 g/mol. The molecule has 2 aromatic rings. The Balaban J connectivity index is 1.39. The topological polar surface area (TPSA) is 42.4 Å². The van der Waals surface area contributed by atoms with Crippen LogP contribution in [0.25, 0.3) is 0 Å². The van der Waals surface area contributed by atoms with Crippen LogP contribution in [0.1, 0.15) is 26.8 Å². The molecule has 3 atom stereocenters. The molecule has 2 saturated heterocycles. The molecule has 0 N–H and O–H groups in total. The number of thiophene rings is 1. The Hall–Kier alpha value is -1.24. The molecular formula is C17H20N2O2S2. The number of nitrogens with zero attached hydrogens (tertiary/aromatic N) is 2. The lowest BCUT2D eigenvalue weighted by atomic mass is 9.83. The van der Waals surface area contributed by atoms with E-state index in [1.807, 2.05) is 29.3 Å². The number of likely N-dealkylation sites (tertiary alicyclic amines) is 1. The number of fused-ring (bicyclic) bond motifs is 1. The second kappa shape index (κ2) is 6.34. The van der Waals surface area contributed by atoms with Crippen LogP contribution in [0.15, 0.2) is 22.9 Å². The van der Waals surface area contributed by atoms with Gasteiger partial charge in [-0.25, -0.2) is 4.98 Å². The number of rotatable bonds is 3. The highest BCUT2D eigenvalue weighted by molar-refractivity contribution is 7.12. The quantitative estimate of drug-likeness (QED) is 0.855. The molecule has 0 radical (unpaired) electrons. The molecule has 6 heteroatoms. The number of hydrogen-bond donors (Lipinski definition) is 0. The van der Waals surface area contributed by atoms with Gasteiger partial charge in [0.05, 0.1) is 22.6 Å². The maximum Gasteiger partial charge on any atom is 0.263 e. The van der Waals surface area contributed by atoms with E-state index in [4.69, 9.17) is 4.74 Å². The van der Waals surface area contributed by atoms with E-state index in [2.05, 4.69) is 10.4 Å². The molecule has 2 aliphatic rings. The molecule has 4 heterocycles. The molecule has 0 spiro atoms. The van der Waals surface area contributed by atoms with Gasteiger partial charge < -0.3 is 9.64 Å². The van der Waals surface area contributed by atoms with E-state index in [9.17, 15) is 4.79 Å². The fourth-order valence-corrected chi connectivity index (χ4v) is 5.21. The molecule has 0 aromatic carbocycles. The first kappa shape index (κ1) is 15.3. The zero-order chi connectivity index (χ0) is 15.8. The monoisotopic (exact) mass is 348 g/mol. The van der Waals surface area contributed by atoms with Crippen LogP contribution in [-0.2, 0) is 11.2 Å². The van der Waals surface area contributed by atoms with Crippen molar-refractivity contribution in [2.24, 2.45) is 11.8 Å². The Morgan fingerprint density at radius 1 is 1.48 bits per heavy atom. The van der Waals surface area contributed by atoms with Crippen molar-refractivity contribution in [2.75, 3.05) is 19.7 Å². The molecular weight excluding hydrogens is 328 g/mol. The standard InChI is InChI=1S/C17H20N2O2S2/c1-11-10-23-16(18-11)7-14-13-4-5-19(8-12(13)9-21-14)17(20)15-3-2-6-22-15/h2-3,6,10,12-14H,4-5,7-9H2,1H3/t12-,13-,14-/m1/s1. The van der Waals surface area contributed by atoms with Gasteiger partial charge in [0.2, 0.25) is 0 Å². The minimum Gasteiger partial charge on any atom is -0.377 e. The van der Waals surface area contributed by atoms with Gasteiger partial charge in [-0.05, 0) is 30.7 Å². The number of carbonyl (C=O) groups excluding carboxylic acids is 1. The van der Waals surface area contributed by atoms with Crippen molar-refractivity contribution in [3.05, 3.63) is 38.5 Å². The van der Waals surface area contributed by atoms with Crippen LogP contribution in [0.3, 0.4) is 0 Å². The van der Waals surface area contributed by atoms with Crippen LogP contribution < -0.4 is 0 Å². The second-order valence-corrected chi connectivity index (χ2v) is 8.29. The summed E-state index contributed by atoms with van der Waals surface area (Å²) in [4.78, 5) is 19.9. The van der Waals surface area contributed by atoms with E-state index in [0.717, 1.165) is 43.1 Å². The van der Waals surface area contributed by atoms with Crippen LogP contribution in [0.2, 0.25) is 0 Å². The van der Waals surface area contributed by atoms with Crippen LogP contribution in [-0.4, -0.2) is 41.6 Å². The summed E-state index contributed by atoms with van der Waals surface area (Å²) in [7, 11) is 0. The molecule has 2 aromatic heterocycles. The van der Waals surface area contributed by atoms with Gasteiger partial charge in [0.15, 0.2) is 0 Å². The number of carbonyl (C=O) groups is 1. The minimum atomic E-state index is 0.178. The fraction of sp³-hybridized carbons (Fsp3) is 0.529. The van der Waals surface area contributed by atoms with Gasteiger partial charge >= 0.3 is 0 Å². The predicted octanol–water partition coefficient (Wildman–Crippen LogP) is 3.23. The summed E-state index contributed by atoms with van der Waals surface area (Å²) in [5, 5.41) is 5.24. The lowest BCUT2D eigenvalue weighted by Crippen LogP contribution is -2.44. The van der Waals surface area contributed by atoms with Gasteiger partial charge in [0, 0.05) is 36.5 Å². The van der Waals surface area contributed by atoms with Crippen molar-refractivity contribution in [3.63, 3.8) is 0 Å². The number of ether oxygens (including phenoxy) is 1. The van der Waals surface area contributed by atoms with Gasteiger partial charge in [0.1, 0.15) is 0 Å². The van der Waals surface area contributed by atoms with E-state index >= 15 is 0 Å². The SMILES string of the molecule is Cc1csc(C[C@H]2OC[C@H]3CN(C(=O)c4cccs4)CC[C@H]32)n1. The summed E-state index contributed by atoms with van der Waals surface area (Å²) in [5.41, 5.74) is 1.09. The third kappa shape index (κ3) is 3.07. The van der Waals surface area contributed by atoms with Crippen molar-refractivity contribution < 1.29 is 9.53 Å². The number of aromatic nitrogens is 1. The van der Waals surface area contributed by atoms with Crippen molar-refractivity contribution >= 4 is 28.6 Å². The highest BCUT2D eigenvalue weighted by Gasteiger charge is 2.42. The van der Waals surface area contributed by atoms with Crippen molar-refractivity contribution in [1.29, 1.82) is 0 Å². The Bertz CT molecular complexity index is 683. The van der Waals surface area contributed by atoms with Gasteiger partial charge in [-0.1, -0.05) is 6.07 Å². The molecule has 0 bridgehead atoms. The summed E-state index contributed by atoms with van der Waals surface area (Å²) in [6.07, 6.45) is 2.22. The smallest absolute Gasteiger partial charge is 0.263 e.